The van der Waals surface area contributed by atoms with E-state index in [2.05, 4.69) is 15.3 Å². The van der Waals surface area contributed by atoms with Crippen molar-refractivity contribution in [2.75, 3.05) is 19.0 Å². The standard InChI is InChI=1S/C34H32ClN5O6S/c35-26-15-11-24(12-16-26)23-37-33(42)34(19-22-47(43,44)28-7-2-1-3-8-28)31(29-9-4-5-10-30(29)39-40-36)46-32(38-34)25-13-17-27(18-14-25)45-21-6-20-41/h1-5,7-18,31,41H,6,19-23H2,(H,37,42)/t31-,34-/m1/s1. The number of benzene rings is 4. The number of carbonyl (C=O) groups is 1. The highest BCUT2D eigenvalue weighted by atomic mass is 35.5. The molecule has 2 N–H and O–H groups in total. The Labute approximate surface area is 277 Å². The summed E-state index contributed by atoms with van der Waals surface area (Å²) in [7, 11) is -3.85. The maximum absolute atomic E-state index is 14.4. The number of ether oxygens (including phenoxy) is 2. The van der Waals surface area contributed by atoms with Crippen LogP contribution in [0.1, 0.15) is 35.6 Å². The Morgan fingerprint density at radius 2 is 1.72 bits per heavy atom. The first-order valence-corrected chi connectivity index (χ1v) is 16.8. The number of sulfone groups is 1. The van der Waals surface area contributed by atoms with Crippen molar-refractivity contribution in [3.8, 4) is 5.75 Å². The topological polar surface area (TPSA) is 163 Å². The first-order valence-electron chi connectivity index (χ1n) is 14.8. The van der Waals surface area contributed by atoms with E-state index in [4.69, 9.17) is 31.2 Å². The highest BCUT2D eigenvalue weighted by Gasteiger charge is 2.54. The van der Waals surface area contributed by atoms with Crippen LogP contribution in [0.3, 0.4) is 0 Å². The molecule has 1 heterocycles. The third-order valence-electron chi connectivity index (χ3n) is 7.62. The Morgan fingerprint density at radius 1 is 1.02 bits per heavy atom. The van der Waals surface area contributed by atoms with E-state index in [1.165, 1.54) is 12.1 Å². The summed E-state index contributed by atoms with van der Waals surface area (Å²) in [6.45, 7) is 0.445. The number of aliphatic imine (C=N–C) groups is 1. The second-order valence-corrected chi connectivity index (χ2v) is 13.3. The number of carbonyl (C=O) groups excluding carboxylic acids is 1. The smallest absolute Gasteiger partial charge is 0.252 e. The molecule has 1 aliphatic rings. The fraction of sp³-hybridized carbons (Fsp3) is 0.235. The van der Waals surface area contributed by atoms with Crippen molar-refractivity contribution >= 4 is 38.9 Å². The zero-order chi connectivity index (χ0) is 33.3. The second kappa shape index (κ2) is 15.1. The number of amides is 1. The van der Waals surface area contributed by atoms with Crippen molar-refractivity contribution in [1.82, 2.24) is 5.32 Å². The van der Waals surface area contributed by atoms with Crippen molar-refractivity contribution < 1.29 is 27.8 Å². The van der Waals surface area contributed by atoms with Gasteiger partial charge < -0.3 is 19.9 Å². The third-order valence-corrected chi connectivity index (χ3v) is 9.61. The van der Waals surface area contributed by atoms with Crippen LogP contribution >= 0.6 is 11.6 Å². The lowest BCUT2D eigenvalue weighted by atomic mass is 9.84. The average molecular weight is 674 g/mol. The van der Waals surface area contributed by atoms with Crippen molar-refractivity contribution in [2.24, 2.45) is 10.1 Å². The van der Waals surface area contributed by atoms with E-state index in [1.807, 2.05) is 0 Å². The zero-order valence-corrected chi connectivity index (χ0v) is 26.8. The fourth-order valence-electron chi connectivity index (χ4n) is 5.17. The maximum atomic E-state index is 14.4. The molecular weight excluding hydrogens is 642 g/mol. The Bertz CT molecular complexity index is 1880. The lowest BCUT2D eigenvalue weighted by Gasteiger charge is -2.31. The second-order valence-electron chi connectivity index (χ2n) is 10.7. The minimum absolute atomic E-state index is 0.00357. The van der Waals surface area contributed by atoms with Crippen LogP contribution in [0.5, 0.6) is 5.75 Å². The first kappa shape index (κ1) is 33.5. The number of aliphatic hydroxyl groups excluding tert-OH is 1. The van der Waals surface area contributed by atoms with E-state index in [-0.39, 0.29) is 36.1 Å². The molecule has 0 fully saturated rings. The van der Waals surface area contributed by atoms with Gasteiger partial charge in [-0.3, -0.25) is 4.79 Å². The fourth-order valence-corrected chi connectivity index (χ4v) is 6.68. The van der Waals surface area contributed by atoms with Crippen LogP contribution in [0, 0.1) is 0 Å². The van der Waals surface area contributed by atoms with Gasteiger partial charge in [-0.1, -0.05) is 71.3 Å². The van der Waals surface area contributed by atoms with Crippen LogP contribution in [0.4, 0.5) is 5.69 Å². The van der Waals surface area contributed by atoms with E-state index >= 15 is 0 Å². The lowest BCUT2D eigenvalue weighted by Crippen LogP contribution is -2.49. The normalized spacial score (nSPS) is 17.2. The van der Waals surface area contributed by atoms with Crippen LogP contribution < -0.4 is 10.1 Å². The number of aliphatic hydroxyl groups is 1. The number of halogens is 1. The predicted molar refractivity (Wildman–Crippen MR) is 178 cm³/mol. The van der Waals surface area contributed by atoms with Gasteiger partial charge in [0.25, 0.3) is 5.91 Å². The van der Waals surface area contributed by atoms with Crippen molar-refractivity contribution in [2.45, 2.75) is 35.9 Å². The van der Waals surface area contributed by atoms with E-state index in [0.29, 0.717) is 34.9 Å². The van der Waals surface area contributed by atoms with Crippen molar-refractivity contribution in [1.29, 1.82) is 0 Å². The van der Waals surface area contributed by atoms with Gasteiger partial charge in [-0.25, -0.2) is 13.4 Å². The highest BCUT2D eigenvalue weighted by molar-refractivity contribution is 7.91. The molecule has 0 bridgehead atoms. The number of rotatable bonds is 14. The molecule has 0 radical (unpaired) electrons. The average Bonchev–Trinajstić information content (AvgIpc) is 3.49. The van der Waals surface area contributed by atoms with Gasteiger partial charge in [-0.2, -0.15) is 0 Å². The molecule has 13 heteroatoms. The summed E-state index contributed by atoms with van der Waals surface area (Å²) in [5.74, 6) is -0.336. The van der Waals surface area contributed by atoms with Crippen LogP contribution in [0.25, 0.3) is 10.4 Å². The Balaban J connectivity index is 1.59. The highest BCUT2D eigenvalue weighted by Crippen LogP contribution is 2.46. The summed E-state index contributed by atoms with van der Waals surface area (Å²) in [4.78, 5) is 22.4. The molecule has 1 aliphatic heterocycles. The molecule has 242 valence electrons. The lowest BCUT2D eigenvalue weighted by molar-refractivity contribution is -0.129. The molecule has 11 nitrogen and oxygen atoms in total. The van der Waals surface area contributed by atoms with Crippen LogP contribution in [0.2, 0.25) is 5.02 Å². The molecular formula is C34H32ClN5O6S. The molecule has 5 rings (SSSR count). The molecule has 0 aliphatic carbocycles. The molecule has 4 aromatic rings. The SMILES string of the molecule is [N-]=[N+]=Nc1ccccc1[C@H]1OC(c2ccc(OCCCO)cc2)=N[C@@]1(CCS(=O)(=O)c1ccccc1)C(=O)NCc1ccc(Cl)cc1. The zero-order valence-electron chi connectivity index (χ0n) is 25.2. The molecule has 47 heavy (non-hydrogen) atoms. The summed E-state index contributed by atoms with van der Waals surface area (Å²) in [6, 6.07) is 28.4. The molecule has 4 aromatic carbocycles. The Morgan fingerprint density at radius 3 is 2.43 bits per heavy atom. The van der Waals surface area contributed by atoms with E-state index in [0.717, 1.165) is 5.56 Å². The van der Waals surface area contributed by atoms with E-state index < -0.39 is 33.1 Å². The molecule has 0 unspecified atom stereocenters. The summed E-state index contributed by atoms with van der Waals surface area (Å²) in [5, 5.41) is 16.4. The third kappa shape index (κ3) is 7.93. The van der Waals surface area contributed by atoms with Crippen LogP contribution in [0.15, 0.2) is 118 Å². The summed E-state index contributed by atoms with van der Waals surface area (Å²) in [6.07, 6.45) is -0.933. The van der Waals surface area contributed by atoms with Gasteiger partial charge in [0.05, 0.1) is 17.3 Å². The minimum atomic E-state index is -3.85. The quantitative estimate of drug-likeness (QED) is 0.0673. The first-order chi connectivity index (χ1) is 22.8. The number of hydrogen-bond donors (Lipinski definition) is 2. The molecule has 2 atom stereocenters. The van der Waals surface area contributed by atoms with Crippen molar-refractivity contribution in [3.05, 3.63) is 135 Å². The van der Waals surface area contributed by atoms with Gasteiger partial charge in [0.15, 0.2) is 21.5 Å². The van der Waals surface area contributed by atoms with Crippen LogP contribution in [-0.2, 0) is 25.9 Å². The molecule has 0 saturated carbocycles. The number of hydrogen-bond acceptors (Lipinski definition) is 8. The molecule has 0 saturated heterocycles. The van der Waals surface area contributed by atoms with Gasteiger partial charge in [0, 0.05) is 52.7 Å². The number of nitrogens with one attached hydrogen (secondary N) is 1. The van der Waals surface area contributed by atoms with Crippen molar-refractivity contribution in [3.63, 3.8) is 0 Å². The van der Waals surface area contributed by atoms with Gasteiger partial charge in [-0.15, -0.1) is 0 Å². The molecule has 1 amide bonds. The predicted octanol–water partition coefficient (Wildman–Crippen LogP) is 6.48. The molecule has 0 aromatic heterocycles. The van der Waals surface area contributed by atoms with E-state index in [1.54, 1.807) is 91.0 Å². The monoisotopic (exact) mass is 673 g/mol. The van der Waals surface area contributed by atoms with Gasteiger partial charge >= 0.3 is 0 Å². The number of nitrogens with zero attached hydrogens (tertiary/aromatic N) is 4. The Hall–Kier alpha value is -4.87. The summed E-state index contributed by atoms with van der Waals surface area (Å²) >= 11 is 6.05. The van der Waals surface area contributed by atoms with Crippen LogP contribution in [-0.4, -0.2) is 49.8 Å². The number of azide groups is 1. The Kier molecular flexibility index (Phi) is 10.8. The molecule has 0 spiro atoms. The summed E-state index contributed by atoms with van der Waals surface area (Å²) in [5.41, 5.74) is 9.39. The van der Waals surface area contributed by atoms with Gasteiger partial charge in [-0.05, 0) is 59.6 Å². The largest absolute Gasteiger partial charge is 0.494 e. The van der Waals surface area contributed by atoms with E-state index in [9.17, 15) is 18.7 Å². The van der Waals surface area contributed by atoms with Gasteiger partial charge in [0.1, 0.15) is 5.75 Å². The minimum Gasteiger partial charge on any atom is -0.494 e. The van der Waals surface area contributed by atoms with Gasteiger partial charge in [0.2, 0.25) is 5.90 Å². The summed E-state index contributed by atoms with van der Waals surface area (Å²) < 4.78 is 39.2. The maximum Gasteiger partial charge on any atom is 0.252 e.